The standard InChI is InChI=1S/C46H28F4N2O8S/c47-30-12-17-34(37(49)20-30)42-43(35-18-13-31(48)21-38(35)50)46(56)52(45(42)55)24-26-6-10-29(11-7-26)44(54)51-61(57,58)33-15-8-27(9-16-33)25-59-32-14-19-36-39(53)23-40(60-41(36)22-32)28-4-2-1-3-5-28/h1-23H,24-25H2,(H,51,54). The minimum atomic E-state index is -4.36. The number of amides is 3. The van der Waals surface area contributed by atoms with Crippen LogP contribution < -0.4 is 14.9 Å². The Labute approximate surface area is 344 Å². The van der Waals surface area contributed by atoms with E-state index >= 15 is 0 Å². The van der Waals surface area contributed by atoms with Gasteiger partial charge in [-0.05, 0) is 71.8 Å². The van der Waals surface area contributed by atoms with Crippen LogP contribution in [-0.4, -0.2) is 31.0 Å². The molecule has 0 saturated heterocycles. The molecule has 6 aromatic carbocycles. The van der Waals surface area contributed by atoms with E-state index in [1.54, 1.807) is 18.2 Å². The Morgan fingerprint density at radius 1 is 0.656 bits per heavy atom. The molecule has 0 atom stereocenters. The van der Waals surface area contributed by atoms with Crippen LogP contribution in [0.3, 0.4) is 0 Å². The van der Waals surface area contributed by atoms with Crippen LogP contribution >= 0.6 is 0 Å². The Kier molecular flexibility index (Phi) is 10.7. The molecule has 10 nitrogen and oxygen atoms in total. The van der Waals surface area contributed by atoms with Gasteiger partial charge in [-0.1, -0.05) is 54.6 Å². The van der Waals surface area contributed by atoms with Crippen molar-refractivity contribution in [2.75, 3.05) is 0 Å². The first kappa shape index (κ1) is 40.1. The Bertz CT molecular complexity index is 3040. The molecule has 0 bridgehead atoms. The molecule has 61 heavy (non-hydrogen) atoms. The summed E-state index contributed by atoms with van der Waals surface area (Å²) in [5.74, 6) is -6.57. The van der Waals surface area contributed by atoms with Crippen molar-refractivity contribution in [1.29, 1.82) is 0 Å². The van der Waals surface area contributed by atoms with Gasteiger partial charge in [-0.15, -0.1) is 0 Å². The summed E-state index contributed by atoms with van der Waals surface area (Å²) in [5.41, 5.74) is -0.464. The molecule has 0 radical (unpaired) electrons. The number of rotatable bonds is 11. The third-order valence-corrected chi connectivity index (χ3v) is 11.1. The summed E-state index contributed by atoms with van der Waals surface area (Å²) in [6, 6.07) is 30.7. The number of hydrogen-bond donors (Lipinski definition) is 1. The minimum Gasteiger partial charge on any atom is -0.489 e. The molecule has 8 rings (SSSR count). The van der Waals surface area contributed by atoms with Crippen LogP contribution in [0.2, 0.25) is 0 Å². The lowest BCUT2D eigenvalue weighted by atomic mass is 9.95. The second-order valence-corrected chi connectivity index (χ2v) is 15.4. The van der Waals surface area contributed by atoms with E-state index in [-0.39, 0.29) is 28.1 Å². The van der Waals surface area contributed by atoms with Crippen LogP contribution in [0.1, 0.15) is 32.6 Å². The molecule has 0 saturated carbocycles. The minimum absolute atomic E-state index is 0.0344. The zero-order chi connectivity index (χ0) is 43.0. The molecule has 2 heterocycles. The average molecular weight is 845 g/mol. The maximum Gasteiger partial charge on any atom is 0.264 e. The smallest absolute Gasteiger partial charge is 0.264 e. The van der Waals surface area contributed by atoms with E-state index in [0.717, 1.165) is 29.8 Å². The van der Waals surface area contributed by atoms with E-state index < -0.39 is 79.8 Å². The fourth-order valence-corrected chi connectivity index (χ4v) is 7.66. The SMILES string of the molecule is O=C(NS(=O)(=O)c1ccc(COc2ccc3c(=O)cc(-c4ccccc4)oc3c2)cc1)c1ccc(CN2C(=O)C(c3ccc(F)cc3F)=C(c3ccc(F)cc3F)C2=O)cc1. The summed E-state index contributed by atoms with van der Waals surface area (Å²) < 4.78 is 97.6. The Morgan fingerprint density at radius 2 is 1.25 bits per heavy atom. The second kappa shape index (κ2) is 16.2. The first-order valence-electron chi connectivity index (χ1n) is 18.3. The molecule has 1 aromatic heterocycles. The lowest BCUT2D eigenvalue weighted by Crippen LogP contribution is -2.31. The Hall–Kier alpha value is -7.65. The van der Waals surface area contributed by atoms with E-state index in [9.17, 15) is 45.2 Å². The topological polar surface area (TPSA) is 140 Å². The van der Waals surface area contributed by atoms with Crippen LogP contribution in [0.25, 0.3) is 33.4 Å². The fraction of sp³-hybridized carbons (Fsp3) is 0.0435. The molecule has 1 N–H and O–H groups in total. The number of carbonyl (C=O) groups is 3. The van der Waals surface area contributed by atoms with Gasteiger partial charge in [-0.25, -0.2) is 30.7 Å². The van der Waals surface area contributed by atoms with Gasteiger partial charge in [0.2, 0.25) is 0 Å². The molecular formula is C46H28F4N2O8S. The van der Waals surface area contributed by atoms with Gasteiger partial charge in [0.1, 0.15) is 47.0 Å². The number of hydrogen-bond acceptors (Lipinski definition) is 8. The first-order valence-corrected chi connectivity index (χ1v) is 19.8. The molecular weight excluding hydrogens is 817 g/mol. The average Bonchev–Trinajstić information content (AvgIpc) is 3.47. The van der Waals surface area contributed by atoms with Gasteiger partial charge in [0.15, 0.2) is 5.43 Å². The molecule has 0 spiro atoms. The van der Waals surface area contributed by atoms with Crippen LogP contribution in [0.15, 0.2) is 154 Å². The van der Waals surface area contributed by atoms with Gasteiger partial charge in [0.05, 0.1) is 28.0 Å². The first-order chi connectivity index (χ1) is 29.3. The van der Waals surface area contributed by atoms with E-state index in [0.29, 0.717) is 45.1 Å². The molecule has 0 fully saturated rings. The highest BCUT2D eigenvalue weighted by atomic mass is 32.2. The van der Waals surface area contributed by atoms with Gasteiger partial charge < -0.3 is 9.15 Å². The molecule has 3 amide bonds. The van der Waals surface area contributed by atoms with Crippen LogP contribution in [0.5, 0.6) is 5.75 Å². The highest BCUT2D eigenvalue weighted by Crippen LogP contribution is 2.38. The largest absolute Gasteiger partial charge is 0.489 e. The van der Waals surface area contributed by atoms with E-state index in [4.69, 9.17) is 9.15 Å². The monoisotopic (exact) mass is 844 g/mol. The van der Waals surface area contributed by atoms with Crippen molar-refractivity contribution < 1.29 is 49.5 Å². The molecule has 7 aromatic rings. The van der Waals surface area contributed by atoms with Crippen LogP contribution in [0.4, 0.5) is 17.6 Å². The fourth-order valence-electron chi connectivity index (χ4n) is 6.69. The summed E-state index contributed by atoms with van der Waals surface area (Å²) >= 11 is 0. The summed E-state index contributed by atoms with van der Waals surface area (Å²) in [5, 5.41) is 0.376. The molecule has 1 aliphatic heterocycles. The van der Waals surface area contributed by atoms with Crippen molar-refractivity contribution in [1.82, 2.24) is 9.62 Å². The van der Waals surface area contributed by atoms with Crippen LogP contribution in [-0.2, 0) is 32.8 Å². The number of benzene rings is 6. The second-order valence-electron chi connectivity index (χ2n) is 13.8. The number of nitrogens with one attached hydrogen (secondary N) is 1. The number of imide groups is 1. The molecule has 0 aliphatic carbocycles. The zero-order valence-electron chi connectivity index (χ0n) is 31.3. The highest BCUT2D eigenvalue weighted by molar-refractivity contribution is 7.90. The summed E-state index contributed by atoms with van der Waals surface area (Å²) in [4.78, 5) is 53.5. The van der Waals surface area contributed by atoms with E-state index in [1.165, 1.54) is 54.6 Å². The molecule has 15 heteroatoms. The van der Waals surface area contributed by atoms with E-state index in [2.05, 4.69) is 0 Å². The Morgan fingerprint density at radius 3 is 1.84 bits per heavy atom. The van der Waals surface area contributed by atoms with Gasteiger partial charge in [0, 0.05) is 46.5 Å². The van der Waals surface area contributed by atoms with Crippen molar-refractivity contribution >= 4 is 49.9 Å². The maximum absolute atomic E-state index is 15.0. The number of sulfonamides is 1. The lowest BCUT2D eigenvalue weighted by molar-refractivity contribution is -0.136. The van der Waals surface area contributed by atoms with E-state index in [1.807, 2.05) is 35.1 Å². The number of nitrogens with zero attached hydrogens (tertiary/aromatic N) is 1. The summed E-state index contributed by atoms with van der Waals surface area (Å²) in [7, 11) is -4.36. The van der Waals surface area contributed by atoms with Gasteiger partial charge in [-0.2, -0.15) is 0 Å². The number of carbonyl (C=O) groups excluding carboxylic acids is 3. The quantitative estimate of drug-likeness (QED) is 0.102. The van der Waals surface area contributed by atoms with Crippen LogP contribution in [0, 0.1) is 23.3 Å². The number of halogens is 4. The predicted molar refractivity (Wildman–Crippen MR) is 215 cm³/mol. The summed E-state index contributed by atoms with van der Waals surface area (Å²) in [6.45, 7) is -0.411. The van der Waals surface area contributed by atoms with Crippen molar-refractivity contribution in [2.45, 2.75) is 18.0 Å². The van der Waals surface area contributed by atoms with Crippen molar-refractivity contribution in [3.05, 3.63) is 201 Å². The normalized spacial score (nSPS) is 13.0. The maximum atomic E-state index is 15.0. The van der Waals surface area contributed by atoms with Gasteiger partial charge in [-0.3, -0.25) is 24.1 Å². The molecule has 1 aliphatic rings. The third kappa shape index (κ3) is 8.18. The molecule has 304 valence electrons. The van der Waals surface area contributed by atoms with Crippen molar-refractivity contribution in [2.24, 2.45) is 0 Å². The predicted octanol–water partition coefficient (Wildman–Crippen LogP) is 8.19. The number of fused-ring (bicyclic) bond motifs is 1. The van der Waals surface area contributed by atoms with Crippen molar-refractivity contribution in [3.63, 3.8) is 0 Å². The van der Waals surface area contributed by atoms with Gasteiger partial charge >= 0.3 is 0 Å². The van der Waals surface area contributed by atoms with Gasteiger partial charge in [0.25, 0.3) is 27.7 Å². The number of ether oxygens (including phenoxy) is 1. The third-order valence-electron chi connectivity index (χ3n) is 9.75. The summed E-state index contributed by atoms with van der Waals surface area (Å²) in [6.07, 6.45) is 0. The molecule has 0 unspecified atom stereocenters. The highest BCUT2D eigenvalue weighted by Gasteiger charge is 2.41. The lowest BCUT2D eigenvalue weighted by Gasteiger charge is -2.16. The van der Waals surface area contributed by atoms with Crippen molar-refractivity contribution in [3.8, 4) is 17.1 Å². The zero-order valence-corrected chi connectivity index (χ0v) is 32.1. The Balaban J connectivity index is 0.924.